The molecule has 0 spiro atoms. The van der Waals surface area contributed by atoms with Crippen molar-refractivity contribution < 1.29 is 9.59 Å². The van der Waals surface area contributed by atoms with Crippen molar-refractivity contribution in [3.8, 4) is 0 Å². The van der Waals surface area contributed by atoms with Gasteiger partial charge < -0.3 is 10.2 Å². The third-order valence-corrected chi connectivity index (χ3v) is 3.24. The van der Waals surface area contributed by atoms with Crippen LogP contribution in [0.5, 0.6) is 0 Å². The summed E-state index contributed by atoms with van der Waals surface area (Å²) < 4.78 is 1.59. The molecule has 1 aliphatic heterocycles. The zero-order chi connectivity index (χ0) is 14.0. The number of amides is 2. The minimum absolute atomic E-state index is 0.0660. The van der Waals surface area contributed by atoms with E-state index in [4.69, 9.17) is 0 Å². The van der Waals surface area contributed by atoms with Crippen LogP contribution in [-0.4, -0.2) is 43.8 Å². The van der Waals surface area contributed by atoms with E-state index in [2.05, 4.69) is 15.6 Å². The van der Waals surface area contributed by atoms with Crippen LogP contribution in [0.15, 0.2) is 6.20 Å². The average Bonchev–Trinajstić information content (AvgIpc) is 2.76. The molecule has 0 saturated carbocycles. The van der Waals surface area contributed by atoms with Crippen LogP contribution in [0, 0.1) is 0 Å². The minimum atomic E-state index is -0.475. The molecule has 0 radical (unpaired) electrons. The zero-order valence-electron chi connectivity index (χ0n) is 11.5. The predicted octanol–water partition coefficient (Wildman–Crippen LogP) is -0.169. The Bertz CT molecular complexity index is 484. The lowest BCUT2D eigenvalue weighted by Gasteiger charge is -2.37. The van der Waals surface area contributed by atoms with Gasteiger partial charge in [-0.1, -0.05) is 18.6 Å². The van der Waals surface area contributed by atoms with E-state index in [1.165, 1.54) is 0 Å². The SMILES string of the molecule is CCCC1C(=O)NC(C)C(=O)N1Cc1cn(C)nn1. The van der Waals surface area contributed by atoms with Crippen molar-refractivity contribution in [2.45, 2.75) is 45.3 Å². The summed E-state index contributed by atoms with van der Waals surface area (Å²) in [7, 11) is 1.77. The number of carbonyl (C=O) groups excluding carboxylic acids is 2. The molecule has 2 atom stereocenters. The summed E-state index contributed by atoms with van der Waals surface area (Å²) in [5.41, 5.74) is 0.693. The van der Waals surface area contributed by atoms with Gasteiger partial charge in [-0.25, -0.2) is 0 Å². The lowest BCUT2D eigenvalue weighted by molar-refractivity contribution is -0.149. The Hall–Kier alpha value is -1.92. The highest BCUT2D eigenvalue weighted by molar-refractivity contribution is 5.96. The first kappa shape index (κ1) is 13.5. The molecule has 1 saturated heterocycles. The Kier molecular flexibility index (Phi) is 3.82. The standard InChI is InChI=1S/C12H19N5O2/c1-4-5-10-11(18)13-8(2)12(19)17(10)7-9-6-16(3)15-14-9/h6,8,10H,4-5,7H2,1-3H3,(H,13,18). The molecule has 1 aromatic rings. The quantitative estimate of drug-likeness (QED) is 0.819. The van der Waals surface area contributed by atoms with Gasteiger partial charge in [0.1, 0.15) is 17.8 Å². The maximum absolute atomic E-state index is 12.2. The number of aryl methyl sites for hydroxylation is 1. The highest BCUT2D eigenvalue weighted by atomic mass is 16.2. The van der Waals surface area contributed by atoms with Crippen LogP contribution in [-0.2, 0) is 23.2 Å². The number of nitrogens with one attached hydrogen (secondary N) is 1. The Morgan fingerprint density at radius 1 is 1.42 bits per heavy atom. The highest BCUT2D eigenvalue weighted by Gasteiger charge is 2.38. The van der Waals surface area contributed by atoms with E-state index in [-0.39, 0.29) is 11.8 Å². The molecule has 2 unspecified atom stereocenters. The van der Waals surface area contributed by atoms with Crippen LogP contribution in [0.2, 0.25) is 0 Å². The number of piperazine rings is 1. The van der Waals surface area contributed by atoms with Gasteiger partial charge in [0.2, 0.25) is 11.8 Å². The molecule has 19 heavy (non-hydrogen) atoms. The van der Waals surface area contributed by atoms with Crippen molar-refractivity contribution in [1.82, 2.24) is 25.2 Å². The Morgan fingerprint density at radius 3 is 2.74 bits per heavy atom. The van der Waals surface area contributed by atoms with Gasteiger partial charge in [0.15, 0.2) is 0 Å². The summed E-state index contributed by atoms with van der Waals surface area (Å²) in [5, 5.41) is 10.5. The van der Waals surface area contributed by atoms with Gasteiger partial charge >= 0.3 is 0 Å². The maximum atomic E-state index is 12.2. The molecule has 7 nitrogen and oxygen atoms in total. The van der Waals surface area contributed by atoms with Gasteiger partial charge in [-0.05, 0) is 13.3 Å². The molecule has 0 aliphatic carbocycles. The molecule has 1 aromatic heterocycles. The average molecular weight is 265 g/mol. The first-order chi connectivity index (χ1) is 9.02. The van der Waals surface area contributed by atoms with Crippen molar-refractivity contribution in [2.75, 3.05) is 0 Å². The number of carbonyl (C=O) groups is 2. The lowest BCUT2D eigenvalue weighted by Crippen LogP contribution is -2.61. The number of nitrogens with zero attached hydrogens (tertiary/aromatic N) is 4. The summed E-state index contributed by atoms with van der Waals surface area (Å²) in [6.07, 6.45) is 3.26. The second-order valence-electron chi connectivity index (χ2n) is 4.88. The first-order valence-electron chi connectivity index (χ1n) is 6.49. The number of hydrogen-bond donors (Lipinski definition) is 1. The lowest BCUT2D eigenvalue weighted by atomic mass is 10.0. The molecule has 0 aromatic carbocycles. The molecular weight excluding hydrogens is 246 g/mol. The van der Waals surface area contributed by atoms with E-state index in [0.29, 0.717) is 18.7 Å². The molecular formula is C12H19N5O2. The van der Waals surface area contributed by atoms with Crippen molar-refractivity contribution >= 4 is 11.8 Å². The molecule has 0 bridgehead atoms. The van der Waals surface area contributed by atoms with Crippen LogP contribution < -0.4 is 5.32 Å². The summed E-state index contributed by atoms with van der Waals surface area (Å²) in [6.45, 7) is 4.03. The molecule has 1 fully saturated rings. The van der Waals surface area contributed by atoms with Gasteiger partial charge in [0, 0.05) is 13.2 Å². The zero-order valence-corrected chi connectivity index (χ0v) is 11.5. The fourth-order valence-electron chi connectivity index (χ4n) is 2.31. The normalized spacial score (nSPS) is 23.6. The molecule has 2 rings (SSSR count). The van der Waals surface area contributed by atoms with E-state index >= 15 is 0 Å². The van der Waals surface area contributed by atoms with E-state index in [0.717, 1.165) is 6.42 Å². The summed E-state index contributed by atoms with van der Waals surface area (Å²) in [4.78, 5) is 25.8. The summed E-state index contributed by atoms with van der Waals surface area (Å²) in [6, 6.07) is -0.881. The highest BCUT2D eigenvalue weighted by Crippen LogP contribution is 2.17. The van der Waals surface area contributed by atoms with Crippen molar-refractivity contribution in [3.05, 3.63) is 11.9 Å². The number of hydrogen-bond acceptors (Lipinski definition) is 4. The van der Waals surface area contributed by atoms with Crippen LogP contribution in [0.1, 0.15) is 32.4 Å². The predicted molar refractivity (Wildman–Crippen MR) is 67.9 cm³/mol. The van der Waals surface area contributed by atoms with Crippen LogP contribution in [0.4, 0.5) is 0 Å². The Morgan fingerprint density at radius 2 is 2.16 bits per heavy atom. The number of rotatable bonds is 4. The molecule has 7 heteroatoms. The third kappa shape index (κ3) is 2.74. The number of aromatic nitrogens is 3. The largest absolute Gasteiger partial charge is 0.343 e. The van der Waals surface area contributed by atoms with Crippen molar-refractivity contribution in [3.63, 3.8) is 0 Å². The van der Waals surface area contributed by atoms with Gasteiger partial charge in [0.25, 0.3) is 0 Å². The van der Waals surface area contributed by atoms with Crippen LogP contribution in [0.3, 0.4) is 0 Å². The fourth-order valence-corrected chi connectivity index (χ4v) is 2.31. The van der Waals surface area contributed by atoms with Crippen LogP contribution >= 0.6 is 0 Å². The van der Waals surface area contributed by atoms with E-state index in [9.17, 15) is 9.59 Å². The molecule has 104 valence electrons. The monoisotopic (exact) mass is 265 g/mol. The maximum Gasteiger partial charge on any atom is 0.245 e. The summed E-state index contributed by atoms with van der Waals surface area (Å²) >= 11 is 0. The van der Waals surface area contributed by atoms with Gasteiger partial charge in [-0.3, -0.25) is 14.3 Å². The Labute approximate surface area is 112 Å². The van der Waals surface area contributed by atoms with Crippen LogP contribution in [0.25, 0.3) is 0 Å². The topological polar surface area (TPSA) is 80.1 Å². The van der Waals surface area contributed by atoms with E-state index < -0.39 is 12.1 Å². The molecule has 2 amide bonds. The fraction of sp³-hybridized carbons (Fsp3) is 0.667. The van der Waals surface area contributed by atoms with Gasteiger partial charge in [-0.15, -0.1) is 5.10 Å². The molecule has 1 N–H and O–H groups in total. The van der Waals surface area contributed by atoms with Crippen molar-refractivity contribution in [1.29, 1.82) is 0 Å². The van der Waals surface area contributed by atoms with E-state index in [1.54, 1.807) is 29.7 Å². The smallest absolute Gasteiger partial charge is 0.245 e. The molecule has 1 aliphatic rings. The molecule has 2 heterocycles. The van der Waals surface area contributed by atoms with Crippen molar-refractivity contribution in [2.24, 2.45) is 7.05 Å². The summed E-state index contributed by atoms with van der Waals surface area (Å²) in [5.74, 6) is -0.151. The third-order valence-electron chi connectivity index (χ3n) is 3.24. The van der Waals surface area contributed by atoms with E-state index in [1.807, 2.05) is 6.92 Å². The minimum Gasteiger partial charge on any atom is -0.343 e. The second-order valence-corrected chi connectivity index (χ2v) is 4.88. The second kappa shape index (κ2) is 5.38. The first-order valence-corrected chi connectivity index (χ1v) is 6.49. The van der Waals surface area contributed by atoms with Gasteiger partial charge in [0.05, 0.1) is 6.54 Å². The van der Waals surface area contributed by atoms with Gasteiger partial charge in [-0.2, -0.15) is 0 Å². The Balaban J connectivity index is 2.20.